The third-order valence-corrected chi connectivity index (χ3v) is 3.30. The Morgan fingerprint density at radius 3 is 2.59 bits per heavy atom. The van der Waals surface area contributed by atoms with Crippen molar-refractivity contribution >= 4 is 16.7 Å². The van der Waals surface area contributed by atoms with Crippen LogP contribution in [0.2, 0.25) is 0 Å². The van der Waals surface area contributed by atoms with E-state index in [4.69, 9.17) is 9.62 Å². The van der Waals surface area contributed by atoms with Gasteiger partial charge in [0, 0.05) is 12.1 Å². The van der Waals surface area contributed by atoms with E-state index in [9.17, 15) is 20.2 Å². The molecule has 1 unspecified atom stereocenters. The van der Waals surface area contributed by atoms with Crippen LogP contribution in [0.15, 0.2) is 51.9 Å². The van der Waals surface area contributed by atoms with Crippen molar-refractivity contribution < 1.29 is 25.1 Å². The smallest absolute Gasteiger partial charge is 0.206 e. The summed E-state index contributed by atoms with van der Waals surface area (Å²) in [5, 5.41) is 37.9. The van der Waals surface area contributed by atoms with Gasteiger partial charge in [-0.25, -0.2) is 5.21 Å². The Morgan fingerprint density at radius 1 is 1.09 bits per heavy atom. The quantitative estimate of drug-likeness (QED) is 0.418. The maximum absolute atomic E-state index is 12.5. The molecule has 0 saturated heterocycles. The molecule has 0 bridgehead atoms. The highest BCUT2D eigenvalue weighted by Gasteiger charge is 2.14. The number of phenolic OH excluding ortho intramolecular Hbond substituents is 2. The molecule has 0 radical (unpaired) electrons. The van der Waals surface area contributed by atoms with E-state index in [0.717, 1.165) is 0 Å². The highest BCUT2D eigenvalue weighted by molar-refractivity contribution is 5.83. The van der Waals surface area contributed by atoms with Crippen molar-refractivity contribution in [3.05, 3.63) is 58.1 Å². The van der Waals surface area contributed by atoms with Crippen molar-refractivity contribution in [2.45, 2.75) is 0 Å². The van der Waals surface area contributed by atoms with Crippen molar-refractivity contribution in [1.82, 2.24) is 0 Å². The van der Waals surface area contributed by atoms with Crippen LogP contribution in [0.25, 0.3) is 22.1 Å². The average Bonchev–Trinajstić information content (AvgIpc) is 2.48. The maximum atomic E-state index is 12.5. The van der Waals surface area contributed by atoms with Crippen molar-refractivity contribution in [3.8, 4) is 22.6 Å². The summed E-state index contributed by atoms with van der Waals surface area (Å²) in [6, 6.07) is 7.96. The molecule has 7 nitrogen and oxygen atoms in total. The number of benzene rings is 2. The molecule has 0 saturated carbocycles. The first kappa shape index (κ1) is 14.1. The topological polar surface area (TPSA) is 118 Å². The second-order valence-electron chi connectivity index (χ2n) is 4.70. The molecule has 0 aliphatic carbocycles. The van der Waals surface area contributed by atoms with E-state index >= 15 is 0 Å². The third kappa shape index (κ3) is 2.29. The van der Waals surface area contributed by atoms with Crippen molar-refractivity contribution in [1.29, 1.82) is 0 Å². The van der Waals surface area contributed by atoms with Crippen LogP contribution in [0.3, 0.4) is 0 Å². The lowest BCUT2D eigenvalue weighted by atomic mass is 10.0. The predicted octanol–water partition coefficient (Wildman–Crippen LogP) is 1.27. The molecule has 112 valence electrons. The molecule has 0 amide bonds. The summed E-state index contributed by atoms with van der Waals surface area (Å²) in [5.41, 5.74) is 0.0524. The number of aromatic hydroxyl groups is 2. The Bertz CT molecular complexity index is 916. The number of fused-ring (bicyclic) bond motifs is 1. The molecule has 0 spiro atoms. The molecule has 4 N–H and O–H groups in total. The second kappa shape index (κ2) is 5.15. The van der Waals surface area contributed by atoms with E-state index in [1.807, 2.05) is 0 Å². The normalized spacial score (nSPS) is 12.5. The molecular weight excluding hydrogens is 290 g/mol. The summed E-state index contributed by atoms with van der Waals surface area (Å²) < 4.78 is 5.32. The van der Waals surface area contributed by atoms with E-state index < -0.39 is 5.23 Å². The number of phenols is 2. The molecule has 0 aliphatic rings. The van der Waals surface area contributed by atoms with Gasteiger partial charge in [-0.1, -0.05) is 0 Å². The molecule has 0 aliphatic heterocycles. The van der Waals surface area contributed by atoms with Crippen LogP contribution in [0.5, 0.6) is 11.5 Å². The van der Waals surface area contributed by atoms with Crippen molar-refractivity contribution in [2.75, 3.05) is 0 Å². The number of rotatable bonds is 2. The first-order chi connectivity index (χ1) is 10.5. The first-order valence-electron chi connectivity index (χ1n) is 6.28. The summed E-state index contributed by atoms with van der Waals surface area (Å²) in [5.74, 6) is -0.410. The molecule has 1 atom stereocenters. The number of hydrogen-bond acceptors (Lipinski definition) is 6. The molecule has 1 aromatic heterocycles. The molecule has 2 aromatic carbocycles. The zero-order valence-corrected chi connectivity index (χ0v) is 11.1. The Balaban J connectivity index is 2.23. The van der Waals surface area contributed by atoms with Gasteiger partial charge in [-0.3, -0.25) is 4.79 Å². The SMILES string of the molecule is O=c1c(-c2ccc(O)c([NH+]([O-])O)c2)coc2cc(O)ccc12. The molecule has 3 rings (SSSR count). The monoisotopic (exact) mass is 301 g/mol. The lowest BCUT2D eigenvalue weighted by molar-refractivity contribution is -0.991. The molecule has 7 heteroatoms. The van der Waals surface area contributed by atoms with E-state index in [1.54, 1.807) is 0 Å². The van der Waals surface area contributed by atoms with Crippen molar-refractivity contribution in [2.24, 2.45) is 0 Å². The number of quaternary nitrogens is 1. The lowest BCUT2D eigenvalue weighted by Crippen LogP contribution is -2.99. The van der Waals surface area contributed by atoms with Gasteiger partial charge in [-0.05, 0) is 29.8 Å². The molecule has 3 aromatic rings. The molecular formula is C15H11NO6. The summed E-state index contributed by atoms with van der Waals surface area (Å²) in [6.45, 7) is 0. The van der Waals surface area contributed by atoms with Crippen LogP contribution in [-0.2, 0) is 0 Å². The van der Waals surface area contributed by atoms with Crippen LogP contribution < -0.4 is 10.7 Å². The zero-order valence-electron chi connectivity index (χ0n) is 11.1. The van der Waals surface area contributed by atoms with Gasteiger partial charge in [0.15, 0.2) is 11.2 Å². The maximum Gasteiger partial charge on any atom is 0.206 e. The van der Waals surface area contributed by atoms with Crippen LogP contribution in [0.4, 0.5) is 5.69 Å². The van der Waals surface area contributed by atoms with E-state index in [-0.39, 0.29) is 39.1 Å². The van der Waals surface area contributed by atoms with E-state index in [0.29, 0.717) is 5.56 Å². The van der Waals surface area contributed by atoms with E-state index in [2.05, 4.69) is 0 Å². The third-order valence-electron chi connectivity index (χ3n) is 3.30. The van der Waals surface area contributed by atoms with Gasteiger partial charge in [-0.2, -0.15) is 5.23 Å². The van der Waals surface area contributed by atoms with Crippen LogP contribution in [-0.4, -0.2) is 15.4 Å². The van der Waals surface area contributed by atoms with Gasteiger partial charge >= 0.3 is 0 Å². The minimum atomic E-state index is -1.30. The Labute approximate surface area is 123 Å². The Hall–Kier alpha value is -2.87. The standard InChI is InChI=1S/C15H11NO6/c17-9-2-3-10-14(6-9)22-7-11(15(10)19)8-1-4-13(18)12(5-8)16(20)21/h1-7,16-18,20H. The van der Waals surface area contributed by atoms with Crippen LogP contribution >= 0.6 is 0 Å². The minimum Gasteiger partial charge on any atom is -0.595 e. The van der Waals surface area contributed by atoms with Gasteiger partial charge < -0.3 is 19.8 Å². The Morgan fingerprint density at radius 2 is 1.86 bits per heavy atom. The average molecular weight is 301 g/mol. The molecule has 22 heavy (non-hydrogen) atoms. The van der Waals surface area contributed by atoms with Crippen molar-refractivity contribution in [3.63, 3.8) is 0 Å². The van der Waals surface area contributed by atoms with Crippen LogP contribution in [0, 0.1) is 5.21 Å². The second-order valence-corrected chi connectivity index (χ2v) is 4.70. The summed E-state index contributed by atoms with van der Waals surface area (Å²) in [7, 11) is 0. The summed E-state index contributed by atoms with van der Waals surface area (Å²) in [4.78, 5) is 12.5. The van der Waals surface area contributed by atoms with Gasteiger partial charge in [0.25, 0.3) is 0 Å². The summed E-state index contributed by atoms with van der Waals surface area (Å²) >= 11 is 0. The molecule has 1 heterocycles. The van der Waals surface area contributed by atoms with Gasteiger partial charge in [0.2, 0.25) is 5.69 Å². The van der Waals surface area contributed by atoms with E-state index in [1.165, 1.54) is 42.7 Å². The largest absolute Gasteiger partial charge is 0.595 e. The highest BCUT2D eigenvalue weighted by atomic mass is 16.8. The fourth-order valence-electron chi connectivity index (χ4n) is 2.19. The van der Waals surface area contributed by atoms with Gasteiger partial charge in [0.1, 0.15) is 17.6 Å². The molecule has 0 fully saturated rings. The van der Waals surface area contributed by atoms with Gasteiger partial charge in [0.05, 0.1) is 10.9 Å². The number of hydrogen-bond donors (Lipinski definition) is 4. The first-order valence-corrected chi connectivity index (χ1v) is 6.28. The lowest BCUT2D eigenvalue weighted by Gasteiger charge is -2.13. The highest BCUT2D eigenvalue weighted by Crippen LogP contribution is 2.27. The number of nitrogens with one attached hydrogen (secondary N) is 1. The fraction of sp³-hybridized carbons (Fsp3) is 0. The zero-order chi connectivity index (χ0) is 15.9. The van der Waals surface area contributed by atoms with Crippen LogP contribution in [0.1, 0.15) is 0 Å². The Kier molecular flexibility index (Phi) is 3.30. The minimum absolute atomic E-state index is 0.0267. The van der Waals surface area contributed by atoms with Gasteiger partial charge in [-0.15, -0.1) is 0 Å². The fourth-order valence-corrected chi connectivity index (χ4v) is 2.19. The predicted molar refractivity (Wildman–Crippen MR) is 77.0 cm³/mol. The summed E-state index contributed by atoms with van der Waals surface area (Å²) in [6.07, 6.45) is 1.20.